The van der Waals surface area contributed by atoms with Crippen LogP contribution >= 0.6 is 0 Å². The van der Waals surface area contributed by atoms with Gasteiger partial charge in [0.2, 0.25) is 0 Å². The van der Waals surface area contributed by atoms with Crippen molar-refractivity contribution in [2.24, 2.45) is 0 Å². The molecule has 4 aromatic rings. The zero-order chi connectivity index (χ0) is 19.1. The molecule has 6 heteroatoms. The van der Waals surface area contributed by atoms with Crippen LogP contribution < -0.4 is 5.73 Å². The van der Waals surface area contributed by atoms with Crippen LogP contribution in [0.15, 0.2) is 60.9 Å². The van der Waals surface area contributed by atoms with Gasteiger partial charge in [0.05, 0.1) is 6.10 Å². The van der Waals surface area contributed by atoms with E-state index in [1.807, 2.05) is 6.07 Å². The Morgan fingerprint density at radius 3 is 2.43 bits per heavy atom. The van der Waals surface area contributed by atoms with Crippen molar-refractivity contribution in [3.8, 4) is 11.3 Å². The molecule has 3 N–H and O–H groups in total. The molecule has 1 aliphatic carbocycles. The van der Waals surface area contributed by atoms with Crippen LogP contribution in [-0.2, 0) is 6.42 Å². The summed E-state index contributed by atoms with van der Waals surface area (Å²) in [5.74, 6) is 1.46. The second-order valence-electron chi connectivity index (χ2n) is 7.41. The zero-order valence-corrected chi connectivity index (χ0v) is 15.4. The minimum Gasteiger partial charge on any atom is -0.393 e. The predicted molar refractivity (Wildman–Crippen MR) is 108 cm³/mol. The molecule has 6 nitrogen and oxygen atoms in total. The van der Waals surface area contributed by atoms with Crippen LogP contribution in [0.2, 0.25) is 0 Å². The lowest BCUT2D eigenvalue weighted by atomic mass is 9.82. The highest BCUT2D eigenvalue weighted by Crippen LogP contribution is 2.39. The summed E-state index contributed by atoms with van der Waals surface area (Å²) in [4.78, 5) is 9.01. The second kappa shape index (κ2) is 6.73. The molecule has 1 fully saturated rings. The molecule has 0 radical (unpaired) electrons. The highest BCUT2D eigenvalue weighted by molar-refractivity contribution is 5.85. The van der Waals surface area contributed by atoms with Crippen molar-refractivity contribution in [2.45, 2.75) is 31.3 Å². The summed E-state index contributed by atoms with van der Waals surface area (Å²) in [5.41, 5.74) is 11.2. The summed E-state index contributed by atoms with van der Waals surface area (Å²) in [6.07, 6.45) is 3.51. The Kier molecular flexibility index (Phi) is 4.06. The minimum absolute atomic E-state index is 0.197. The number of nitrogens with two attached hydrogens (primary N) is 1. The van der Waals surface area contributed by atoms with Crippen molar-refractivity contribution < 1.29 is 5.11 Å². The maximum atomic E-state index is 9.69. The quantitative estimate of drug-likeness (QED) is 0.575. The molecule has 2 aromatic heterocycles. The zero-order valence-electron chi connectivity index (χ0n) is 15.4. The highest BCUT2D eigenvalue weighted by atomic mass is 16.3. The molecule has 0 unspecified atom stereocenters. The lowest BCUT2D eigenvalue weighted by Gasteiger charge is -2.29. The van der Waals surface area contributed by atoms with Crippen LogP contribution in [0.4, 0.5) is 5.82 Å². The van der Waals surface area contributed by atoms with Crippen molar-refractivity contribution in [3.05, 3.63) is 77.9 Å². The van der Waals surface area contributed by atoms with E-state index in [9.17, 15) is 5.11 Å². The fraction of sp³-hybridized carbons (Fsp3) is 0.227. The van der Waals surface area contributed by atoms with Crippen LogP contribution in [0.3, 0.4) is 0 Å². The Morgan fingerprint density at radius 2 is 1.71 bits per heavy atom. The Labute approximate surface area is 162 Å². The molecule has 140 valence electrons. The number of fused-ring (bicyclic) bond motifs is 1. The van der Waals surface area contributed by atoms with Crippen LogP contribution in [0.25, 0.3) is 16.8 Å². The molecular weight excluding hydrogens is 350 g/mol. The normalized spacial score (nSPS) is 18.9. The number of aromatic nitrogens is 4. The van der Waals surface area contributed by atoms with Crippen molar-refractivity contribution in [1.82, 2.24) is 19.6 Å². The van der Waals surface area contributed by atoms with E-state index in [1.54, 1.807) is 4.52 Å². The van der Waals surface area contributed by atoms with Crippen LogP contribution in [0.5, 0.6) is 0 Å². The van der Waals surface area contributed by atoms with Gasteiger partial charge in [0.1, 0.15) is 23.4 Å². The van der Waals surface area contributed by atoms with Gasteiger partial charge in [-0.15, -0.1) is 0 Å². The van der Waals surface area contributed by atoms with Gasteiger partial charge in [-0.3, -0.25) is 0 Å². The molecule has 0 aliphatic heterocycles. The van der Waals surface area contributed by atoms with E-state index in [4.69, 9.17) is 10.7 Å². The lowest BCUT2D eigenvalue weighted by molar-refractivity contribution is 0.0711. The van der Waals surface area contributed by atoms with E-state index in [2.05, 4.69) is 58.6 Å². The summed E-state index contributed by atoms with van der Waals surface area (Å²) in [6, 6.07) is 18.8. The second-order valence-corrected chi connectivity index (χ2v) is 7.41. The molecule has 0 atom stereocenters. The number of rotatable bonds is 4. The molecule has 1 saturated carbocycles. The molecule has 1 aliphatic rings. The van der Waals surface area contributed by atoms with E-state index >= 15 is 0 Å². The van der Waals surface area contributed by atoms with E-state index in [-0.39, 0.29) is 12.0 Å². The van der Waals surface area contributed by atoms with Crippen molar-refractivity contribution in [2.75, 3.05) is 5.73 Å². The van der Waals surface area contributed by atoms with Gasteiger partial charge in [0, 0.05) is 11.5 Å². The Bertz CT molecular complexity index is 1120. The third-order valence-electron chi connectivity index (χ3n) is 5.44. The molecule has 0 amide bonds. The SMILES string of the molecule is Nc1ncnn2c(C3CC(O)C3)nc(-c3ccc(Cc4ccccc4)cc3)c12. The van der Waals surface area contributed by atoms with Crippen LogP contribution in [0, 0.1) is 0 Å². The fourth-order valence-electron chi connectivity index (χ4n) is 3.85. The number of benzene rings is 2. The number of nitrogens with zero attached hydrogens (tertiary/aromatic N) is 4. The fourth-order valence-corrected chi connectivity index (χ4v) is 3.85. The van der Waals surface area contributed by atoms with E-state index in [0.29, 0.717) is 18.7 Å². The number of hydrogen-bond acceptors (Lipinski definition) is 5. The standard InChI is InChI=1S/C22H21N5O/c23-21-20-19(26-22(17-11-18(28)12-17)27(20)25-13-24-21)16-8-6-15(7-9-16)10-14-4-2-1-3-5-14/h1-9,13,17-18,28H,10-12H2,(H2,23,24,25). The van der Waals surface area contributed by atoms with Crippen LogP contribution in [0.1, 0.15) is 35.7 Å². The number of aliphatic hydroxyl groups is 1. The summed E-state index contributed by atoms with van der Waals surface area (Å²) in [5, 5.41) is 14.1. The Balaban J connectivity index is 1.52. The van der Waals surface area contributed by atoms with Crippen molar-refractivity contribution in [1.29, 1.82) is 0 Å². The number of anilines is 1. The van der Waals surface area contributed by atoms with Crippen LogP contribution in [-0.4, -0.2) is 30.8 Å². The smallest absolute Gasteiger partial charge is 0.153 e. The van der Waals surface area contributed by atoms with Gasteiger partial charge in [0.15, 0.2) is 5.82 Å². The maximum absolute atomic E-state index is 9.69. The molecule has 0 bridgehead atoms. The Hall–Kier alpha value is -3.25. The van der Waals surface area contributed by atoms with E-state index in [1.165, 1.54) is 17.5 Å². The first-order valence-corrected chi connectivity index (χ1v) is 9.49. The molecular formula is C22H21N5O. The van der Waals surface area contributed by atoms with Crippen molar-refractivity contribution >= 4 is 11.3 Å². The molecule has 28 heavy (non-hydrogen) atoms. The van der Waals surface area contributed by atoms with E-state index < -0.39 is 0 Å². The van der Waals surface area contributed by atoms with Gasteiger partial charge in [-0.05, 0) is 30.4 Å². The first-order chi connectivity index (χ1) is 13.7. The molecule has 0 spiro atoms. The summed E-state index contributed by atoms with van der Waals surface area (Å²) in [6.45, 7) is 0. The predicted octanol–water partition coefficient (Wildman–Crippen LogP) is 3.20. The summed E-state index contributed by atoms with van der Waals surface area (Å²) in [7, 11) is 0. The van der Waals surface area contributed by atoms with Gasteiger partial charge in [0.25, 0.3) is 0 Å². The van der Waals surface area contributed by atoms with Gasteiger partial charge in [-0.1, -0.05) is 54.6 Å². The monoisotopic (exact) mass is 371 g/mol. The number of nitrogen functional groups attached to an aromatic ring is 1. The molecule has 0 saturated heterocycles. The lowest BCUT2D eigenvalue weighted by Crippen LogP contribution is -2.28. The third kappa shape index (κ3) is 2.92. The average Bonchev–Trinajstić information content (AvgIpc) is 3.07. The first-order valence-electron chi connectivity index (χ1n) is 9.49. The summed E-state index contributed by atoms with van der Waals surface area (Å²) >= 11 is 0. The minimum atomic E-state index is -0.253. The third-order valence-corrected chi connectivity index (χ3v) is 5.44. The van der Waals surface area contributed by atoms with Gasteiger partial charge >= 0.3 is 0 Å². The van der Waals surface area contributed by atoms with Gasteiger partial charge in [-0.25, -0.2) is 14.5 Å². The van der Waals surface area contributed by atoms with E-state index in [0.717, 1.165) is 29.0 Å². The maximum Gasteiger partial charge on any atom is 0.153 e. The highest BCUT2D eigenvalue weighted by Gasteiger charge is 2.33. The Morgan fingerprint density at radius 1 is 1.00 bits per heavy atom. The molecule has 2 aromatic carbocycles. The number of imidazole rings is 1. The largest absolute Gasteiger partial charge is 0.393 e. The van der Waals surface area contributed by atoms with Gasteiger partial charge < -0.3 is 10.8 Å². The molecule has 5 rings (SSSR count). The van der Waals surface area contributed by atoms with Crippen molar-refractivity contribution in [3.63, 3.8) is 0 Å². The topological polar surface area (TPSA) is 89.3 Å². The van der Waals surface area contributed by atoms with Gasteiger partial charge in [-0.2, -0.15) is 5.10 Å². The summed E-state index contributed by atoms with van der Waals surface area (Å²) < 4.78 is 1.78. The number of aliphatic hydroxyl groups excluding tert-OH is 1. The molecule has 2 heterocycles. The average molecular weight is 371 g/mol. The first kappa shape index (κ1) is 16.9. The number of hydrogen-bond donors (Lipinski definition) is 2.